The number of hydrogen-bond acceptors (Lipinski definition) is 4. The van der Waals surface area contributed by atoms with Gasteiger partial charge in [0.05, 0.1) is 5.39 Å². The highest BCUT2D eigenvalue weighted by Crippen LogP contribution is 2.32. The first-order chi connectivity index (χ1) is 10.9. The standard InChI is InChI=1S/C17H19N5/c1-2-4-12(5-3-1)14-10-19-16-15(14)17(21-11-20-16)22-13-6-8-18-9-7-13/h1-5,10-11,13,18H,6-9H2,(H2,19,20,21,22). The zero-order valence-corrected chi connectivity index (χ0v) is 12.3. The van der Waals surface area contributed by atoms with Gasteiger partial charge in [-0.15, -0.1) is 0 Å². The highest BCUT2D eigenvalue weighted by molar-refractivity contribution is 6.00. The minimum Gasteiger partial charge on any atom is -0.367 e. The van der Waals surface area contributed by atoms with Gasteiger partial charge in [-0.25, -0.2) is 9.97 Å². The Balaban J connectivity index is 1.76. The number of benzene rings is 1. The van der Waals surface area contributed by atoms with Gasteiger partial charge in [0, 0.05) is 17.8 Å². The Kier molecular flexibility index (Phi) is 3.48. The Bertz CT molecular complexity index is 759. The molecule has 0 amide bonds. The summed E-state index contributed by atoms with van der Waals surface area (Å²) < 4.78 is 0. The largest absolute Gasteiger partial charge is 0.367 e. The predicted octanol–water partition coefficient (Wildman–Crippen LogP) is 2.79. The molecule has 0 radical (unpaired) electrons. The first-order valence-corrected chi connectivity index (χ1v) is 7.76. The van der Waals surface area contributed by atoms with E-state index in [-0.39, 0.29) is 0 Å². The molecule has 2 aromatic heterocycles. The molecule has 1 saturated heterocycles. The van der Waals surface area contributed by atoms with Gasteiger partial charge in [0.2, 0.25) is 0 Å². The minimum absolute atomic E-state index is 0.470. The lowest BCUT2D eigenvalue weighted by atomic mass is 10.0. The summed E-state index contributed by atoms with van der Waals surface area (Å²) in [7, 11) is 0. The van der Waals surface area contributed by atoms with Crippen LogP contribution in [0.25, 0.3) is 22.2 Å². The second kappa shape index (κ2) is 5.77. The number of nitrogens with one attached hydrogen (secondary N) is 3. The van der Waals surface area contributed by atoms with Crippen molar-refractivity contribution in [1.82, 2.24) is 20.3 Å². The first-order valence-electron chi connectivity index (χ1n) is 7.76. The smallest absolute Gasteiger partial charge is 0.143 e. The van der Waals surface area contributed by atoms with Crippen LogP contribution in [-0.4, -0.2) is 34.1 Å². The van der Waals surface area contributed by atoms with E-state index in [9.17, 15) is 0 Å². The maximum Gasteiger partial charge on any atom is 0.143 e. The van der Waals surface area contributed by atoms with Crippen molar-refractivity contribution in [3.05, 3.63) is 42.9 Å². The molecular weight excluding hydrogens is 274 g/mol. The average Bonchev–Trinajstić information content (AvgIpc) is 3.02. The van der Waals surface area contributed by atoms with Crippen molar-refractivity contribution in [2.75, 3.05) is 18.4 Å². The molecule has 1 fully saturated rings. The normalized spacial score (nSPS) is 16.0. The van der Waals surface area contributed by atoms with Crippen LogP contribution in [-0.2, 0) is 0 Å². The molecule has 4 rings (SSSR count). The third kappa shape index (κ3) is 2.44. The number of anilines is 1. The Morgan fingerprint density at radius 2 is 1.86 bits per heavy atom. The van der Waals surface area contributed by atoms with Crippen molar-refractivity contribution < 1.29 is 0 Å². The molecule has 0 bridgehead atoms. The molecule has 3 aromatic rings. The van der Waals surface area contributed by atoms with Crippen LogP contribution in [0.4, 0.5) is 5.82 Å². The van der Waals surface area contributed by atoms with E-state index in [1.165, 1.54) is 5.56 Å². The fourth-order valence-electron chi connectivity index (χ4n) is 3.08. The summed E-state index contributed by atoms with van der Waals surface area (Å²) in [4.78, 5) is 12.1. The highest BCUT2D eigenvalue weighted by Gasteiger charge is 2.17. The second-order valence-corrected chi connectivity index (χ2v) is 5.68. The first kappa shape index (κ1) is 13.3. The van der Waals surface area contributed by atoms with E-state index in [0.717, 1.165) is 48.3 Å². The van der Waals surface area contributed by atoms with Crippen LogP contribution in [0.3, 0.4) is 0 Å². The van der Waals surface area contributed by atoms with Crippen molar-refractivity contribution in [3.8, 4) is 11.1 Å². The molecule has 3 heterocycles. The van der Waals surface area contributed by atoms with Crippen molar-refractivity contribution in [2.24, 2.45) is 0 Å². The number of rotatable bonds is 3. The lowest BCUT2D eigenvalue weighted by Gasteiger charge is -2.24. The SMILES string of the molecule is c1ccc(-c2c[nH]c3ncnc(NC4CCNCC4)c23)cc1. The van der Waals surface area contributed by atoms with E-state index in [1.54, 1.807) is 6.33 Å². The third-order valence-corrected chi connectivity index (χ3v) is 4.23. The van der Waals surface area contributed by atoms with Gasteiger partial charge in [0.1, 0.15) is 17.8 Å². The van der Waals surface area contributed by atoms with Crippen LogP contribution in [0, 0.1) is 0 Å². The van der Waals surface area contributed by atoms with Crippen molar-refractivity contribution in [2.45, 2.75) is 18.9 Å². The Hall–Kier alpha value is -2.40. The van der Waals surface area contributed by atoms with Gasteiger partial charge in [-0.2, -0.15) is 0 Å². The van der Waals surface area contributed by atoms with Crippen LogP contribution in [0.2, 0.25) is 0 Å². The summed E-state index contributed by atoms with van der Waals surface area (Å²) in [6, 6.07) is 10.8. The van der Waals surface area contributed by atoms with E-state index in [0.29, 0.717) is 6.04 Å². The molecule has 0 spiro atoms. The maximum absolute atomic E-state index is 4.50. The van der Waals surface area contributed by atoms with Crippen molar-refractivity contribution >= 4 is 16.9 Å². The topological polar surface area (TPSA) is 65.6 Å². The number of aromatic amines is 1. The molecule has 1 aliphatic rings. The van der Waals surface area contributed by atoms with Crippen LogP contribution < -0.4 is 10.6 Å². The molecule has 0 saturated carbocycles. The van der Waals surface area contributed by atoms with Gasteiger partial charge in [-0.3, -0.25) is 0 Å². The minimum atomic E-state index is 0.470. The van der Waals surface area contributed by atoms with Crippen LogP contribution in [0.1, 0.15) is 12.8 Å². The number of piperidine rings is 1. The average molecular weight is 293 g/mol. The van der Waals surface area contributed by atoms with E-state index < -0.39 is 0 Å². The molecule has 0 atom stereocenters. The summed E-state index contributed by atoms with van der Waals surface area (Å²) in [6.07, 6.45) is 5.88. The fraction of sp³-hybridized carbons (Fsp3) is 0.294. The number of aromatic nitrogens is 3. The van der Waals surface area contributed by atoms with E-state index in [2.05, 4.69) is 49.9 Å². The summed E-state index contributed by atoms with van der Waals surface area (Å²) in [5.74, 6) is 0.928. The summed E-state index contributed by atoms with van der Waals surface area (Å²) >= 11 is 0. The summed E-state index contributed by atoms with van der Waals surface area (Å²) in [6.45, 7) is 2.12. The van der Waals surface area contributed by atoms with Gasteiger partial charge in [-0.1, -0.05) is 30.3 Å². The lowest BCUT2D eigenvalue weighted by Crippen LogP contribution is -2.35. The quantitative estimate of drug-likeness (QED) is 0.695. The van der Waals surface area contributed by atoms with Gasteiger partial charge in [-0.05, 0) is 31.5 Å². The van der Waals surface area contributed by atoms with Gasteiger partial charge in [0.15, 0.2) is 0 Å². The van der Waals surface area contributed by atoms with Crippen LogP contribution >= 0.6 is 0 Å². The van der Waals surface area contributed by atoms with E-state index in [4.69, 9.17) is 0 Å². The molecule has 112 valence electrons. The second-order valence-electron chi connectivity index (χ2n) is 5.68. The predicted molar refractivity (Wildman–Crippen MR) is 88.8 cm³/mol. The maximum atomic E-state index is 4.50. The molecule has 22 heavy (non-hydrogen) atoms. The molecule has 0 unspecified atom stereocenters. The monoisotopic (exact) mass is 293 g/mol. The lowest BCUT2D eigenvalue weighted by molar-refractivity contribution is 0.478. The number of hydrogen-bond donors (Lipinski definition) is 3. The summed E-state index contributed by atoms with van der Waals surface area (Å²) in [5.41, 5.74) is 3.20. The molecule has 5 heteroatoms. The number of fused-ring (bicyclic) bond motifs is 1. The third-order valence-electron chi connectivity index (χ3n) is 4.23. The van der Waals surface area contributed by atoms with Crippen LogP contribution in [0.5, 0.6) is 0 Å². The Labute approximate surface area is 129 Å². The Morgan fingerprint density at radius 3 is 2.68 bits per heavy atom. The molecule has 1 aliphatic heterocycles. The summed E-state index contributed by atoms with van der Waals surface area (Å²) in [5, 5.41) is 8.08. The molecule has 5 nitrogen and oxygen atoms in total. The molecule has 1 aromatic carbocycles. The zero-order valence-electron chi connectivity index (χ0n) is 12.3. The highest BCUT2D eigenvalue weighted by atomic mass is 15.1. The fourth-order valence-corrected chi connectivity index (χ4v) is 3.08. The molecular formula is C17H19N5. The van der Waals surface area contributed by atoms with E-state index in [1.807, 2.05) is 12.3 Å². The van der Waals surface area contributed by atoms with Crippen molar-refractivity contribution in [1.29, 1.82) is 0 Å². The number of H-pyrrole nitrogens is 1. The van der Waals surface area contributed by atoms with Gasteiger partial charge in [0.25, 0.3) is 0 Å². The molecule has 0 aliphatic carbocycles. The molecule has 3 N–H and O–H groups in total. The van der Waals surface area contributed by atoms with Gasteiger partial charge >= 0.3 is 0 Å². The van der Waals surface area contributed by atoms with Crippen LogP contribution in [0.15, 0.2) is 42.9 Å². The van der Waals surface area contributed by atoms with Crippen molar-refractivity contribution in [3.63, 3.8) is 0 Å². The zero-order chi connectivity index (χ0) is 14.8. The van der Waals surface area contributed by atoms with Gasteiger partial charge < -0.3 is 15.6 Å². The Morgan fingerprint density at radius 1 is 1.05 bits per heavy atom. The number of nitrogens with zero attached hydrogens (tertiary/aromatic N) is 2. The van der Waals surface area contributed by atoms with E-state index >= 15 is 0 Å².